The number of imidazole rings is 1. The van der Waals surface area contributed by atoms with Crippen LogP contribution in [0.3, 0.4) is 0 Å². The maximum Gasteiger partial charge on any atom is 0.0948 e. The molecule has 0 aliphatic carbocycles. The third-order valence-electron chi connectivity index (χ3n) is 4.25. The van der Waals surface area contributed by atoms with Crippen LogP contribution in [0.4, 0.5) is 0 Å². The van der Waals surface area contributed by atoms with Crippen molar-refractivity contribution >= 4 is 11.6 Å². The Bertz CT molecular complexity index is 579. The fourth-order valence-electron chi connectivity index (χ4n) is 3.22. The van der Waals surface area contributed by atoms with Crippen LogP contribution in [-0.2, 0) is 6.54 Å². The molecule has 2 atom stereocenters. The topological polar surface area (TPSA) is 29.9 Å². The van der Waals surface area contributed by atoms with Gasteiger partial charge >= 0.3 is 0 Å². The number of hydrogen-bond donors (Lipinski definition) is 1. The summed E-state index contributed by atoms with van der Waals surface area (Å²) in [5.74, 6) is 0.901. The Morgan fingerprint density at radius 2 is 2.20 bits per heavy atom. The molecule has 106 valence electrons. The summed E-state index contributed by atoms with van der Waals surface area (Å²) in [6, 6.07) is 8.21. The zero-order valence-corrected chi connectivity index (χ0v) is 12.5. The molecule has 20 heavy (non-hydrogen) atoms. The number of benzene rings is 1. The Balaban J connectivity index is 1.98. The minimum atomic E-state index is 0.416. The van der Waals surface area contributed by atoms with Gasteiger partial charge in [-0.25, -0.2) is 4.98 Å². The molecule has 0 spiro atoms. The van der Waals surface area contributed by atoms with Crippen molar-refractivity contribution in [1.82, 2.24) is 14.9 Å². The predicted molar refractivity (Wildman–Crippen MR) is 82.3 cm³/mol. The van der Waals surface area contributed by atoms with Crippen LogP contribution in [0.5, 0.6) is 0 Å². The van der Waals surface area contributed by atoms with Gasteiger partial charge in [0.15, 0.2) is 0 Å². The van der Waals surface area contributed by atoms with Crippen LogP contribution < -0.4 is 5.32 Å². The van der Waals surface area contributed by atoms with Crippen LogP contribution in [0.15, 0.2) is 36.8 Å². The maximum atomic E-state index is 6.41. The summed E-state index contributed by atoms with van der Waals surface area (Å²) in [4.78, 5) is 4.33. The molecule has 2 unspecified atom stereocenters. The minimum Gasteiger partial charge on any atom is -0.335 e. The summed E-state index contributed by atoms with van der Waals surface area (Å²) < 4.78 is 2.25. The molecule has 3 nitrogen and oxygen atoms in total. The molecule has 3 rings (SSSR count). The van der Waals surface area contributed by atoms with Gasteiger partial charge in [-0.1, -0.05) is 29.8 Å². The van der Waals surface area contributed by atoms with E-state index in [2.05, 4.69) is 33.9 Å². The Labute approximate surface area is 125 Å². The van der Waals surface area contributed by atoms with Crippen LogP contribution in [0, 0.1) is 0 Å². The van der Waals surface area contributed by atoms with Crippen molar-refractivity contribution in [3.63, 3.8) is 0 Å². The number of aromatic nitrogens is 2. The molecule has 0 bridgehead atoms. The van der Waals surface area contributed by atoms with Crippen molar-refractivity contribution < 1.29 is 0 Å². The second-order valence-corrected chi connectivity index (χ2v) is 5.74. The number of piperidine rings is 1. The normalized spacial score (nSPS) is 22.9. The summed E-state index contributed by atoms with van der Waals surface area (Å²) >= 11 is 6.41. The number of hydrogen-bond acceptors (Lipinski definition) is 2. The van der Waals surface area contributed by atoms with E-state index < -0.39 is 0 Å². The standard InChI is InChI=1S/C16H20ClN3/c1-2-20-11-19-10-16(20)13-7-8-18-9-14(13)12-5-3-4-6-15(12)17/h3-6,10-11,13-14,18H,2,7-9H2,1H3. The molecular formula is C16H20ClN3. The third kappa shape index (κ3) is 2.48. The molecule has 1 N–H and O–H groups in total. The van der Waals surface area contributed by atoms with Gasteiger partial charge in [0.25, 0.3) is 0 Å². The molecule has 1 aromatic heterocycles. The van der Waals surface area contributed by atoms with E-state index >= 15 is 0 Å². The largest absolute Gasteiger partial charge is 0.335 e. The molecule has 4 heteroatoms. The molecule has 1 saturated heterocycles. The SMILES string of the molecule is CCn1cncc1C1CCNCC1c1ccccc1Cl. The second kappa shape index (κ2) is 5.98. The first-order valence-electron chi connectivity index (χ1n) is 7.26. The molecule has 2 aromatic rings. The van der Waals surface area contributed by atoms with Gasteiger partial charge in [0.05, 0.1) is 6.33 Å². The zero-order chi connectivity index (χ0) is 13.9. The Morgan fingerprint density at radius 3 is 3.00 bits per heavy atom. The van der Waals surface area contributed by atoms with Crippen molar-refractivity contribution in [1.29, 1.82) is 0 Å². The van der Waals surface area contributed by atoms with Crippen molar-refractivity contribution in [2.75, 3.05) is 13.1 Å². The lowest BCUT2D eigenvalue weighted by atomic mass is 9.79. The van der Waals surface area contributed by atoms with Crippen LogP contribution in [0.2, 0.25) is 5.02 Å². The maximum absolute atomic E-state index is 6.41. The lowest BCUT2D eigenvalue weighted by Gasteiger charge is -2.33. The fourth-order valence-corrected chi connectivity index (χ4v) is 3.49. The number of halogens is 1. The summed E-state index contributed by atoms with van der Waals surface area (Å²) in [6.45, 7) is 5.16. The highest BCUT2D eigenvalue weighted by Gasteiger charge is 2.30. The van der Waals surface area contributed by atoms with Gasteiger partial charge < -0.3 is 9.88 Å². The molecule has 2 heterocycles. The van der Waals surface area contributed by atoms with E-state index in [1.807, 2.05) is 24.7 Å². The molecule has 0 radical (unpaired) electrons. The van der Waals surface area contributed by atoms with Gasteiger partial charge in [0.2, 0.25) is 0 Å². The van der Waals surface area contributed by atoms with Crippen molar-refractivity contribution in [3.8, 4) is 0 Å². The number of nitrogens with zero attached hydrogens (tertiary/aromatic N) is 2. The molecule has 1 fully saturated rings. The van der Waals surface area contributed by atoms with Crippen LogP contribution in [0.1, 0.15) is 36.4 Å². The van der Waals surface area contributed by atoms with Crippen LogP contribution >= 0.6 is 11.6 Å². The highest BCUT2D eigenvalue weighted by Crippen LogP contribution is 2.39. The number of nitrogens with one attached hydrogen (secondary N) is 1. The second-order valence-electron chi connectivity index (χ2n) is 5.33. The zero-order valence-electron chi connectivity index (χ0n) is 11.7. The molecule has 1 aliphatic rings. The van der Waals surface area contributed by atoms with E-state index in [0.29, 0.717) is 11.8 Å². The lowest BCUT2D eigenvalue weighted by Crippen LogP contribution is -2.35. The smallest absolute Gasteiger partial charge is 0.0948 e. The van der Waals surface area contributed by atoms with Crippen molar-refractivity contribution in [3.05, 3.63) is 53.1 Å². The van der Waals surface area contributed by atoms with E-state index in [-0.39, 0.29) is 0 Å². The van der Waals surface area contributed by atoms with E-state index in [1.165, 1.54) is 11.3 Å². The van der Waals surface area contributed by atoms with E-state index in [0.717, 1.165) is 31.1 Å². The summed E-state index contributed by atoms with van der Waals surface area (Å²) in [5.41, 5.74) is 2.58. The van der Waals surface area contributed by atoms with Crippen molar-refractivity contribution in [2.24, 2.45) is 0 Å². The summed E-state index contributed by atoms with van der Waals surface area (Å²) in [7, 11) is 0. The van der Waals surface area contributed by atoms with E-state index in [9.17, 15) is 0 Å². The molecule has 0 saturated carbocycles. The monoisotopic (exact) mass is 289 g/mol. The van der Waals surface area contributed by atoms with Gasteiger partial charge in [-0.05, 0) is 31.5 Å². The fraction of sp³-hybridized carbons (Fsp3) is 0.438. The average molecular weight is 290 g/mol. The molecule has 1 aromatic carbocycles. The number of rotatable bonds is 3. The van der Waals surface area contributed by atoms with Gasteiger partial charge in [-0.15, -0.1) is 0 Å². The number of aryl methyl sites for hydroxylation is 1. The Kier molecular flexibility index (Phi) is 4.08. The Hall–Kier alpha value is -1.32. The molecular weight excluding hydrogens is 270 g/mol. The quantitative estimate of drug-likeness (QED) is 0.938. The first kappa shape index (κ1) is 13.7. The van der Waals surface area contributed by atoms with Gasteiger partial charge in [-0.2, -0.15) is 0 Å². The van der Waals surface area contributed by atoms with E-state index in [1.54, 1.807) is 0 Å². The molecule has 0 amide bonds. The third-order valence-corrected chi connectivity index (χ3v) is 4.60. The minimum absolute atomic E-state index is 0.416. The predicted octanol–water partition coefficient (Wildman–Crippen LogP) is 3.42. The average Bonchev–Trinajstić information content (AvgIpc) is 2.96. The van der Waals surface area contributed by atoms with Crippen LogP contribution in [0.25, 0.3) is 0 Å². The first-order valence-corrected chi connectivity index (χ1v) is 7.64. The molecule has 1 aliphatic heterocycles. The van der Waals surface area contributed by atoms with Gasteiger partial charge in [0.1, 0.15) is 0 Å². The summed E-state index contributed by atoms with van der Waals surface area (Å²) in [5, 5.41) is 4.37. The first-order chi connectivity index (χ1) is 9.81. The highest BCUT2D eigenvalue weighted by atomic mass is 35.5. The lowest BCUT2D eigenvalue weighted by molar-refractivity contribution is 0.389. The Morgan fingerprint density at radius 1 is 1.35 bits per heavy atom. The highest BCUT2D eigenvalue weighted by molar-refractivity contribution is 6.31. The van der Waals surface area contributed by atoms with E-state index in [4.69, 9.17) is 11.6 Å². The van der Waals surface area contributed by atoms with Gasteiger partial charge in [0, 0.05) is 41.8 Å². The van der Waals surface area contributed by atoms with Crippen LogP contribution in [-0.4, -0.2) is 22.6 Å². The summed E-state index contributed by atoms with van der Waals surface area (Å²) in [6.07, 6.45) is 5.08. The van der Waals surface area contributed by atoms with Gasteiger partial charge in [-0.3, -0.25) is 0 Å². The van der Waals surface area contributed by atoms with Crippen molar-refractivity contribution in [2.45, 2.75) is 31.7 Å².